The third kappa shape index (κ3) is 3.25. The molecule has 0 radical (unpaired) electrons. The van der Waals surface area contributed by atoms with Crippen LogP contribution in [0.1, 0.15) is 38.7 Å². The van der Waals surface area contributed by atoms with Crippen LogP contribution in [0, 0.1) is 29.6 Å². The SMILES string of the molecule is CC(C)C(=O)OC1C2CC3C1OC(=O)C3C2C(=O)OC1(c2ccccc2)CCNCC1. The zero-order valence-electron chi connectivity index (χ0n) is 17.9. The van der Waals surface area contributed by atoms with E-state index in [4.69, 9.17) is 14.2 Å². The molecular weight excluding hydrogens is 398 g/mol. The molecule has 2 heterocycles. The van der Waals surface area contributed by atoms with Gasteiger partial charge in [-0.2, -0.15) is 0 Å². The van der Waals surface area contributed by atoms with E-state index in [2.05, 4.69) is 5.32 Å². The van der Waals surface area contributed by atoms with E-state index in [1.54, 1.807) is 13.8 Å². The van der Waals surface area contributed by atoms with Crippen LogP contribution in [-0.4, -0.2) is 43.2 Å². The fourth-order valence-corrected chi connectivity index (χ4v) is 6.02. The number of hydrogen-bond donors (Lipinski definition) is 1. The maximum Gasteiger partial charge on any atom is 0.311 e. The third-order valence-corrected chi connectivity index (χ3v) is 7.55. The van der Waals surface area contributed by atoms with Gasteiger partial charge < -0.3 is 19.5 Å². The highest BCUT2D eigenvalue weighted by Gasteiger charge is 2.70. The molecule has 1 aromatic carbocycles. The lowest BCUT2D eigenvalue weighted by Gasteiger charge is -2.39. The lowest BCUT2D eigenvalue weighted by molar-refractivity contribution is -0.179. The first kappa shape index (κ1) is 20.5. The van der Waals surface area contributed by atoms with Gasteiger partial charge in [0.25, 0.3) is 0 Å². The van der Waals surface area contributed by atoms with Crippen molar-refractivity contribution in [3.8, 4) is 0 Å². The standard InChI is InChI=1S/C24H29NO6/c1-13(2)21(26)29-19-16-12-15-17(22(27)30-20(15)19)18(16)23(28)31-24(8-10-25-11-9-24)14-6-4-3-5-7-14/h3-7,13,15-20,25H,8-12H2,1-2H3. The Morgan fingerprint density at radius 1 is 1.13 bits per heavy atom. The molecule has 6 atom stereocenters. The van der Waals surface area contributed by atoms with Crippen molar-refractivity contribution in [3.63, 3.8) is 0 Å². The Kier molecular flexibility index (Phi) is 5.04. The normalized spacial score (nSPS) is 35.1. The first-order valence-electron chi connectivity index (χ1n) is 11.3. The molecule has 2 saturated heterocycles. The Hall–Kier alpha value is -2.41. The highest BCUT2D eigenvalue weighted by molar-refractivity contribution is 5.86. The second-order valence-electron chi connectivity index (χ2n) is 9.60. The molecule has 0 aromatic heterocycles. The molecule has 1 aromatic rings. The van der Waals surface area contributed by atoms with Crippen LogP contribution < -0.4 is 5.32 Å². The van der Waals surface area contributed by atoms with Gasteiger partial charge in [0.05, 0.1) is 17.8 Å². The van der Waals surface area contributed by atoms with Crippen molar-refractivity contribution in [1.82, 2.24) is 5.32 Å². The van der Waals surface area contributed by atoms with Gasteiger partial charge in [0, 0.05) is 24.7 Å². The van der Waals surface area contributed by atoms with Crippen LogP contribution in [0.5, 0.6) is 0 Å². The molecule has 4 aliphatic rings. The van der Waals surface area contributed by atoms with E-state index in [0.29, 0.717) is 19.3 Å². The van der Waals surface area contributed by atoms with Gasteiger partial charge in [-0.3, -0.25) is 14.4 Å². The summed E-state index contributed by atoms with van der Waals surface area (Å²) >= 11 is 0. The summed E-state index contributed by atoms with van der Waals surface area (Å²) in [6.07, 6.45) is 0.994. The molecule has 0 spiro atoms. The molecule has 7 heteroatoms. The summed E-state index contributed by atoms with van der Waals surface area (Å²) in [4.78, 5) is 38.5. The molecule has 1 N–H and O–H groups in total. The Bertz CT molecular complexity index is 877. The number of esters is 3. The van der Waals surface area contributed by atoms with E-state index in [1.165, 1.54) is 0 Å². The number of piperidine rings is 1. The average Bonchev–Trinajstić information content (AvgIpc) is 3.38. The smallest absolute Gasteiger partial charge is 0.311 e. The van der Waals surface area contributed by atoms with E-state index in [-0.39, 0.29) is 35.7 Å². The van der Waals surface area contributed by atoms with E-state index < -0.39 is 29.6 Å². The largest absolute Gasteiger partial charge is 0.458 e. The highest BCUT2D eigenvalue weighted by atomic mass is 16.6. The van der Waals surface area contributed by atoms with Gasteiger partial charge in [0.15, 0.2) is 0 Å². The van der Waals surface area contributed by atoms with Crippen molar-refractivity contribution < 1.29 is 28.6 Å². The maximum atomic E-state index is 13.6. The van der Waals surface area contributed by atoms with E-state index >= 15 is 0 Å². The first-order valence-corrected chi connectivity index (χ1v) is 11.3. The summed E-state index contributed by atoms with van der Waals surface area (Å²) in [5, 5.41) is 3.33. The Balaban J connectivity index is 1.42. The second kappa shape index (κ2) is 7.62. The molecule has 2 saturated carbocycles. The number of rotatable bonds is 5. The molecule has 0 amide bonds. The summed E-state index contributed by atoms with van der Waals surface area (Å²) in [6.45, 7) is 5.04. The van der Waals surface area contributed by atoms with Gasteiger partial charge in [-0.25, -0.2) is 0 Å². The minimum Gasteiger partial charge on any atom is -0.458 e. The number of nitrogens with one attached hydrogen (secondary N) is 1. The number of ether oxygens (including phenoxy) is 3. The highest BCUT2D eigenvalue weighted by Crippen LogP contribution is 2.59. The van der Waals surface area contributed by atoms with Gasteiger partial charge in [0.1, 0.15) is 17.8 Å². The molecule has 2 aliphatic carbocycles. The fraction of sp³-hybridized carbons (Fsp3) is 0.625. The average molecular weight is 427 g/mol. The lowest BCUT2D eigenvalue weighted by atomic mass is 9.78. The minimum absolute atomic E-state index is 0.0827. The van der Waals surface area contributed by atoms with Crippen LogP contribution in [0.15, 0.2) is 30.3 Å². The van der Waals surface area contributed by atoms with Gasteiger partial charge in [0.2, 0.25) is 0 Å². The van der Waals surface area contributed by atoms with E-state index in [0.717, 1.165) is 18.7 Å². The predicted molar refractivity (Wildman–Crippen MR) is 109 cm³/mol. The van der Waals surface area contributed by atoms with Gasteiger partial charge in [-0.15, -0.1) is 0 Å². The van der Waals surface area contributed by atoms with Crippen LogP contribution in [0.2, 0.25) is 0 Å². The molecule has 2 aliphatic heterocycles. The molecule has 4 fully saturated rings. The van der Waals surface area contributed by atoms with Crippen molar-refractivity contribution in [2.45, 2.75) is 50.9 Å². The molecule has 166 valence electrons. The zero-order valence-corrected chi connectivity index (χ0v) is 17.9. The number of benzene rings is 1. The van der Waals surface area contributed by atoms with E-state index in [9.17, 15) is 14.4 Å². The Morgan fingerprint density at radius 3 is 2.52 bits per heavy atom. The fourth-order valence-electron chi connectivity index (χ4n) is 6.02. The number of carbonyl (C=O) groups excluding carboxylic acids is 3. The van der Waals surface area contributed by atoms with Crippen LogP contribution in [-0.2, 0) is 34.2 Å². The van der Waals surface area contributed by atoms with E-state index in [1.807, 2.05) is 30.3 Å². The molecule has 6 unspecified atom stereocenters. The quantitative estimate of drug-likeness (QED) is 0.569. The summed E-state index contributed by atoms with van der Waals surface area (Å²) in [5.41, 5.74) is 0.264. The molecule has 2 bridgehead atoms. The summed E-state index contributed by atoms with van der Waals surface area (Å²) in [5.74, 6) is -2.79. The molecular formula is C24H29NO6. The van der Waals surface area contributed by atoms with Gasteiger partial charge >= 0.3 is 17.9 Å². The van der Waals surface area contributed by atoms with Crippen molar-refractivity contribution in [3.05, 3.63) is 35.9 Å². The molecule has 31 heavy (non-hydrogen) atoms. The first-order chi connectivity index (χ1) is 14.9. The second-order valence-corrected chi connectivity index (χ2v) is 9.60. The maximum absolute atomic E-state index is 13.6. The molecule has 5 rings (SSSR count). The van der Waals surface area contributed by atoms with Crippen LogP contribution in [0.3, 0.4) is 0 Å². The Morgan fingerprint density at radius 2 is 1.84 bits per heavy atom. The molecule has 7 nitrogen and oxygen atoms in total. The number of fused-ring (bicyclic) bond motifs is 1. The third-order valence-electron chi connectivity index (χ3n) is 7.55. The van der Waals surface area contributed by atoms with Crippen LogP contribution in [0.4, 0.5) is 0 Å². The lowest BCUT2D eigenvalue weighted by Crippen LogP contribution is -2.48. The topological polar surface area (TPSA) is 90.9 Å². The zero-order chi connectivity index (χ0) is 21.8. The number of carbonyl (C=O) groups is 3. The monoisotopic (exact) mass is 427 g/mol. The van der Waals surface area contributed by atoms with Gasteiger partial charge in [-0.05, 0) is 25.1 Å². The van der Waals surface area contributed by atoms with Crippen molar-refractivity contribution in [2.75, 3.05) is 13.1 Å². The Labute approximate surface area is 181 Å². The summed E-state index contributed by atoms with van der Waals surface area (Å²) < 4.78 is 17.6. The van der Waals surface area contributed by atoms with Crippen molar-refractivity contribution >= 4 is 17.9 Å². The van der Waals surface area contributed by atoms with Crippen molar-refractivity contribution in [1.29, 1.82) is 0 Å². The summed E-state index contributed by atoms with van der Waals surface area (Å²) in [7, 11) is 0. The predicted octanol–water partition coefficient (Wildman–Crippen LogP) is 2.18. The van der Waals surface area contributed by atoms with Crippen molar-refractivity contribution in [2.24, 2.45) is 29.6 Å². The van der Waals surface area contributed by atoms with Crippen LogP contribution >= 0.6 is 0 Å². The minimum atomic E-state index is -0.711. The van der Waals surface area contributed by atoms with Gasteiger partial charge in [-0.1, -0.05) is 44.2 Å². The van der Waals surface area contributed by atoms with Crippen LogP contribution in [0.25, 0.3) is 0 Å². The number of hydrogen-bond acceptors (Lipinski definition) is 7. The summed E-state index contributed by atoms with van der Waals surface area (Å²) in [6, 6.07) is 9.83.